The molecule has 4 nitrogen and oxygen atoms in total. The number of sulfonamides is 1. The van der Waals surface area contributed by atoms with Gasteiger partial charge in [0.15, 0.2) is 0 Å². The maximum Gasteiger partial charge on any atom is 0.240 e. The van der Waals surface area contributed by atoms with Gasteiger partial charge in [-0.2, -0.15) is 0 Å². The fraction of sp³-hybridized carbons (Fsp3) is 0.571. The molecule has 0 aromatic heterocycles. The maximum absolute atomic E-state index is 11.8. The molecule has 19 heavy (non-hydrogen) atoms. The molecule has 0 spiro atoms. The van der Waals surface area contributed by atoms with Crippen LogP contribution in [-0.4, -0.2) is 21.5 Å². The highest BCUT2D eigenvalue weighted by atomic mass is 32.2. The van der Waals surface area contributed by atoms with E-state index in [1.165, 1.54) is 12.8 Å². The van der Waals surface area contributed by atoms with E-state index < -0.39 is 10.0 Å². The SMILES string of the molecule is CCCC(C)CNc1ccc(S(=O)(=O)NCC)cc1. The molecule has 0 bridgehead atoms. The van der Waals surface area contributed by atoms with E-state index in [1.54, 1.807) is 19.1 Å². The average Bonchev–Trinajstić information content (AvgIpc) is 2.37. The zero-order valence-electron chi connectivity index (χ0n) is 11.9. The monoisotopic (exact) mass is 284 g/mol. The Morgan fingerprint density at radius 2 is 1.79 bits per heavy atom. The fourth-order valence-electron chi connectivity index (χ4n) is 1.91. The van der Waals surface area contributed by atoms with Gasteiger partial charge >= 0.3 is 0 Å². The van der Waals surface area contributed by atoms with Crippen molar-refractivity contribution in [2.75, 3.05) is 18.4 Å². The third kappa shape index (κ3) is 5.20. The van der Waals surface area contributed by atoms with Crippen molar-refractivity contribution in [3.05, 3.63) is 24.3 Å². The van der Waals surface area contributed by atoms with Gasteiger partial charge < -0.3 is 5.32 Å². The van der Waals surface area contributed by atoms with Crippen molar-refractivity contribution < 1.29 is 8.42 Å². The Kier molecular flexibility index (Phi) is 6.31. The minimum absolute atomic E-state index is 0.307. The lowest BCUT2D eigenvalue weighted by Gasteiger charge is -2.13. The Hall–Kier alpha value is -1.07. The summed E-state index contributed by atoms with van der Waals surface area (Å²) in [5, 5.41) is 3.32. The second-order valence-corrected chi connectivity index (χ2v) is 6.57. The number of nitrogens with one attached hydrogen (secondary N) is 2. The highest BCUT2D eigenvalue weighted by Gasteiger charge is 2.11. The maximum atomic E-state index is 11.8. The second kappa shape index (κ2) is 7.50. The topological polar surface area (TPSA) is 58.2 Å². The lowest BCUT2D eigenvalue weighted by molar-refractivity contribution is 0.550. The van der Waals surface area contributed by atoms with Gasteiger partial charge in [0.2, 0.25) is 10.0 Å². The van der Waals surface area contributed by atoms with Gasteiger partial charge in [0, 0.05) is 18.8 Å². The molecule has 5 heteroatoms. The molecule has 0 saturated carbocycles. The third-order valence-corrected chi connectivity index (χ3v) is 4.50. The van der Waals surface area contributed by atoms with Gasteiger partial charge in [0.25, 0.3) is 0 Å². The zero-order chi connectivity index (χ0) is 14.3. The van der Waals surface area contributed by atoms with E-state index in [-0.39, 0.29) is 0 Å². The predicted molar refractivity (Wildman–Crippen MR) is 79.9 cm³/mol. The summed E-state index contributed by atoms with van der Waals surface area (Å²) >= 11 is 0. The van der Waals surface area contributed by atoms with E-state index in [0.717, 1.165) is 12.2 Å². The molecule has 108 valence electrons. The predicted octanol–water partition coefficient (Wildman–Crippen LogP) is 2.83. The van der Waals surface area contributed by atoms with Crippen molar-refractivity contribution >= 4 is 15.7 Å². The Bertz CT molecular complexity index is 469. The molecule has 0 aliphatic carbocycles. The normalized spacial score (nSPS) is 13.2. The van der Waals surface area contributed by atoms with Gasteiger partial charge in [-0.1, -0.05) is 27.2 Å². The smallest absolute Gasteiger partial charge is 0.240 e. The highest BCUT2D eigenvalue weighted by molar-refractivity contribution is 7.89. The van der Waals surface area contributed by atoms with Crippen molar-refractivity contribution in [1.29, 1.82) is 0 Å². The number of anilines is 1. The molecule has 1 aromatic carbocycles. The summed E-state index contributed by atoms with van der Waals surface area (Å²) in [6, 6.07) is 6.88. The molecule has 0 radical (unpaired) electrons. The first-order chi connectivity index (χ1) is 8.99. The van der Waals surface area contributed by atoms with Crippen LogP contribution in [0.4, 0.5) is 5.69 Å². The fourth-order valence-corrected chi connectivity index (χ4v) is 2.95. The number of benzene rings is 1. The van der Waals surface area contributed by atoms with Gasteiger partial charge in [0.05, 0.1) is 4.90 Å². The van der Waals surface area contributed by atoms with Crippen LogP contribution in [-0.2, 0) is 10.0 Å². The van der Waals surface area contributed by atoms with Crippen molar-refractivity contribution in [2.45, 2.75) is 38.5 Å². The molecule has 1 atom stereocenters. The molecule has 1 aromatic rings. The van der Waals surface area contributed by atoms with Crippen LogP contribution >= 0.6 is 0 Å². The standard InChI is InChI=1S/C14H24N2O2S/c1-4-6-12(3)11-15-13-7-9-14(10-8-13)19(17,18)16-5-2/h7-10,12,15-16H,4-6,11H2,1-3H3. The summed E-state index contributed by atoms with van der Waals surface area (Å²) in [5.74, 6) is 0.621. The van der Waals surface area contributed by atoms with Crippen LogP contribution in [0.3, 0.4) is 0 Å². The summed E-state index contributed by atoms with van der Waals surface area (Å²) in [5.41, 5.74) is 0.957. The minimum atomic E-state index is -3.34. The van der Waals surface area contributed by atoms with E-state index in [2.05, 4.69) is 23.9 Å². The van der Waals surface area contributed by atoms with Crippen LogP contribution in [0.2, 0.25) is 0 Å². The van der Waals surface area contributed by atoms with Gasteiger partial charge in [-0.05, 0) is 36.6 Å². The third-order valence-electron chi connectivity index (χ3n) is 2.94. The molecule has 0 aliphatic heterocycles. The minimum Gasteiger partial charge on any atom is -0.385 e. The summed E-state index contributed by atoms with van der Waals surface area (Å²) in [6.07, 6.45) is 2.38. The summed E-state index contributed by atoms with van der Waals surface area (Å²) < 4.78 is 26.0. The lowest BCUT2D eigenvalue weighted by atomic mass is 10.1. The molecule has 0 amide bonds. The molecule has 1 unspecified atom stereocenters. The number of rotatable bonds is 8. The van der Waals surface area contributed by atoms with Crippen LogP contribution in [0.15, 0.2) is 29.2 Å². The molecular weight excluding hydrogens is 260 g/mol. The largest absolute Gasteiger partial charge is 0.385 e. The molecule has 0 aliphatic rings. The Morgan fingerprint density at radius 1 is 1.16 bits per heavy atom. The molecular formula is C14H24N2O2S. The van der Waals surface area contributed by atoms with Crippen molar-refractivity contribution in [1.82, 2.24) is 4.72 Å². The second-order valence-electron chi connectivity index (χ2n) is 4.80. The zero-order valence-corrected chi connectivity index (χ0v) is 12.8. The molecule has 1 rings (SSSR count). The lowest BCUT2D eigenvalue weighted by Crippen LogP contribution is -2.23. The van der Waals surface area contributed by atoms with E-state index in [9.17, 15) is 8.42 Å². The summed E-state index contributed by atoms with van der Waals surface area (Å²) in [4.78, 5) is 0.307. The van der Waals surface area contributed by atoms with Gasteiger partial charge in [-0.3, -0.25) is 0 Å². The molecule has 0 saturated heterocycles. The molecule has 0 fully saturated rings. The van der Waals surface area contributed by atoms with E-state index in [4.69, 9.17) is 0 Å². The van der Waals surface area contributed by atoms with Gasteiger partial charge in [-0.25, -0.2) is 13.1 Å². The highest BCUT2D eigenvalue weighted by Crippen LogP contribution is 2.15. The van der Waals surface area contributed by atoms with Crippen LogP contribution in [0.5, 0.6) is 0 Å². The average molecular weight is 284 g/mol. The van der Waals surface area contributed by atoms with Crippen LogP contribution in [0, 0.1) is 5.92 Å². The van der Waals surface area contributed by atoms with Crippen molar-refractivity contribution in [3.63, 3.8) is 0 Å². The van der Waals surface area contributed by atoms with Crippen molar-refractivity contribution in [3.8, 4) is 0 Å². The van der Waals surface area contributed by atoms with Crippen LogP contribution in [0.25, 0.3) is 0 Å². The van der Waals surface area contributed by atoms with E-state index in [0.29, 0.717) is 17.4 Å². The first kappa shape index (κ1) is 16.0. The quantitative estimate of drug-likeness (QED) is 0.771. The first-order valence-corrected chi connectivity index (χ1v) is 8.31. The number of hydrogen-bond donors (Lipinski definition) is 2. The van der Waals surface area contributed by atoms with E-state index >= 15 is 0 Å². The first-order valence-electron chi connectivity index (χ1n) is 6.83. The van der Waals surface area contributed by atoms with Gasteiger partial charge in [-0.15, -0.1) is 0 Å². The Morgan fingerprint density at radius 3 is 2.32 bits per heavy atom. The Labute approximate surface area is 116 Å². The van der Waals surface area contributed by atoms with Crippen molar-refractivity contribution in [2.24, 2.45) is 5.92 Å². The van der Waals surface area contributed by atoms with E-state index in [1.807, 2.05) is 12.1 Å². The molecule has 0 heterocycles. The van der Waals surface area contributed by atoms with Gasteiger partial charge in [0.1, 0.15) is 0 Å². The summed E-state index contributed by atoms with van der Waals surface area (Å²) in [6.45, 7) is 7.46. The molecule has 2 N–H and O–H groups in total. The number of hydrogen-bond acceptors (Lipinski definition) is 3. The summed E-state index contributed by atoms with van der Waals surface area (Å²) in [7, 11) is -3.34. The Balaban J connectivity index is 2.62. The van der Waals surface area contributed by atoms with Crippen LogP contribution in [0.1, 0.15) is 33.6 Å². The van der Waals surface area contributed by atoms with Crippen LogP contribution < -0.4 is 10.0 Å².